The molecule has 1 aromatic rings. The van der Waals surface area contributed by atoms with Gasteiger partial charge in [-0.05, 0) is 15.9 Å². The van der Waals surface area contributed by atoms with Crippen molar-refractivity contribution in [2.45, 2.75) is 0 Å². The van der Waals surface area contributed by atoms with Crippen molar-refractivity contribution < 1.29 is 9.90 Å². The van der Waals surface area contributed by atoms with Crippen LogP contribution in [0.15, 0.2) is 16.9 Å². The molecular weight excluding hydrogens is 238 g/mol. The number of aliphatic carboxylic acids is 1. The minimum Gasteiger partial charge on any atom is -0.480 e. The molecule has 70 valence electrons. The van der Waals surface area contributed by atoms with Crippen molar-refractivity contribution in [1.82, 2.24) is 9.97 Å². The van der Waals surface area contributed by atoms with Gasteiger partial charge in [-0.25, -0.2) is 9.97 Å². The molecular formula is C7H8BrN3O2. The van der Waals surface area contributed by atoms with Crippen LogP contribution >= 0.6 is 15.9 Å². The molecule has 1 N–H and O–H groups in total. The van der Waals surface area contributed by atoms with Crippen LogP contribution in [0.2, 0.25) is 0 Å². The van der Waals surface area contributed by atoms with Crippen LogP contribution in [0.1, 0.15) is 0 Å². The summed E-state index contributed by atoms with van der Waals surface area (Å²) in [6, 6.07) is 0. The number of carboxylic acid groups (broad SMARTS) is 1. The molecule has 0 amide bonds. The monoisotopic (exact) mass is 245 g/mol. The Morgan fingerprint density at radius 3 is 2.62 bits per heavy atom. The van der Waals surface area contributed by atoms with Gasteiger partial charge in [0.15, 0.2) is 0 Å². The van der Waals surface area contributed by atoms with Crippen LogP contribution in [-0.4, -0.2) is 34.6 Å². The molecule has 0 saturated carbocycles. The summed E-state index contributed by atoms with van der Waals surface area (Å²) in [5, 5.41) is 8.49. The summed E-state index contributed by atoms with van der Waals surface area (Å²) in [6.45, 7) is -0.109. The van der Waals surface area contributed by atoms with E-state index < -0.39 is 5.97 Å². The van der Waals surface area contributed by atoms with E-state index in [1.54, 1.807) is 19.4 Å². The van der Waals surface area contributed by atoms with Gasteiger partial charge in [-0.3, -0.25) is 4.79 Å². The molecule has 0 atom stereocenters. The minimum absolute atomic E-state index is 0.109. The lowest BCUT2D eigenvalue weighted by molar-refractivity contribution is -0.135. The van der Waals surface area contributed by atoms with E-state index in [9.17, 15) is 4.79 Å². The van der Waals surface area contributed by atoms with Crippen molar-refractivity contribution in [3.05, 3.63) is 16.9 Å². The smallest absolute Gasteiger partial charge is 0.323 e. The van der Waals surface area contributed by atoms with Gasteiger partial charge in [0.25, 0.3) is 0 Å². The number of rotatable bonds is 3. The first-order valence-electron chi connectivity index (χ1n) is 3.50. The maximum absolute atomic E-state index is 10.3. The second-order valence-corrected chi connectivity index (χ2v) is 3.37. The topological polar surface area (TPSA) is 66.3 Å². The standard InChI is InChI=1S/C7H8BrN3O2/c1-11(4-6(12)13)7-9-2-5(8)3-10-7/h2-3H,4H2,1H3,(H,12,13). The summed E-state index contributed by atoms with van der Waals surface area (Å²) in [6.07, 6.45) is 3.14. The number of likely N-dealkylation sites (N-methyl/N-ethyl adjacent to an activating group) is 1. The van der Waals surface area contributed by atoms with Gasteiger partial charge in [-0.1, -0.05) is 0 Å². The van der Waals surface area contributed by atoms with E-state index in [0.29, 0.717) is 5.95 Å². The Morgan fingerprint density at radius 1 is 1.62 bits per heavy atom. The molecule has 1 heterocycles. The zero-order chi connectivity index (χ0) is 9.84. The zero-order valence-electron chi connectivity index (χ0n) is 6.94. The Hall–Kier alpha value is -1.17. The number of halogens is 1. The van der Waals surface area contributed by atoms with Gasteiger partial charge in [0.2, 0.25) is 5.95 Å². The summed E-state index contributed by atoms with van der Waals surface area (Å²) in [5.74, 6) is -0.514. The fourth-order valence-electron chi connectivity index (χ4n) is 0.776. The molecule has 0 aliphatic rings. The van der Waals surface area contributed by atoms with Crippen molar-refractivity contribution in [2.24, 2.45) is 0 Å². The second-order valence-electron chi connectivity index (χ2n) is 2.45. The van der Waals surface area contributed by atoms with Gasteiger partial charge >= 0.3 is 5.97 Å². The largest absolute Gasteiger partial charge is 0.480 e. The van der Waals surface area contributed by atoms with Gasteiger partial charge in [0.05, 0.1) is 4.47 Å². The highest BCUT2D eigenvalue weighted by Gasteiger charge is 2.07. The van der Waals surface area contributed by atoms with Gasteiger partial charge in [-0.15, -0.1) is 0 Å². The van der Waals surface area contributed by atoms with Gasteiger partial charge in [0.1, 0.15) is 6.54 Å². The first-order chi connectivity index (χ1) is 6.09. The Morgan fingerprint density at radius 2 is 2.15 bits per heavy atom. The third kappa shape index (κ3) is 2.98. The molecule has 1 rings (SSSR count). The fourth-order valence-corrected chi connectivity index (χ4v) is 0.981. The van der Waals surface area contributed by atoms with Crippen LogP contribution in [0.25, 0.3) is 0 Å². The SMILES string of the molecule is CN(CC(=O)O)c1ncc(Br)cn1. The fraction of sp³-hybridized carbons (Fsp3) is 0.286. The number of carboxylic acids is 1. The molecule has 0 aromatic carbocycles. The molecule has 0 radical (unpaired) electrons. The summed E-state index contributed by atoms with van der Waals surface area (Å²) >= 11 is 3.19. The van der Waals surface area contributed by atoms with E-state index in [1.807, 2.05) is 0 Å². The summed E-state index contributed by atoms with van der Waals surface area (Å²) in [4.78, 5) is 19.7. The lowest BCUT2D eigenvalue weighted by Crippen LogP contribution is -2.26. The maximum atomic E-state index is 10.3. The third-order valence-electron chi connectivity index (χ3n) is 1.32. The predicted molar refractivity (Wildman–Crippen MR) is 50.6 cm³/mol. The normalized spacial score (nSPS) is 9.69. The Bertz CT molecular complexity index is 301. The Kier molecular flexibility index (Phi) is 3.18. The molecule has 0 unspecified atom stereocenters. The van der Waals surface area contributed by atoms with Crippen molar-refractivity contribution in [2.75, 3.05) is 18.5 Å². The lowest BCUT2D eigenvalue weighted by Gasteiger charge is -2.13. The highest BCUT2D eigenvalue weighted by Crippen LogP contribution is 2.08. The maximum Gasteiger partial charge on any atom is 0.323 e. The predicted octanol–water partition coefficient (Wildman–Crippen LogP) is 0.760. The highest BCUT2D eigenvalue weighted by molar-refractivity contribution is 9.10. The van der Waals surface area contributed by atoms with Crippen LogP contribution in [0.3, 0.4) is 0 Å². The van der Waals surface area contributed by atoms with E-state index in [-0.39, 0.29) is 6.54 Å². The molecule has 0 saturated heterocycles. The van der Waals surface area contributed by atoms with Crippen LogP contribution in [0, 0.1) is 0 Å². The summed E-state index contributed by atoms with van der Waals surface area (Å²) in [7, 11) is 1.62. The quantitative estimate of drug-likeness (QED) is 0.852. The highest BCUT2D eigenvalue weighted by atomic mass is 79.9. The Balaban J connectivity index is 2.71. The molecule has 1 aromatic heterocycles. The van der Waals surface area contributed by atoms with Gasteiger partial charge < -0.3 is 10.0 Å². The number of aromatic nitrogens is 2. The van der Waals surface area contributed by atoms with E-state index in [0.717, 1.165) is 4.47 Å². The van der Waals surface area contributed by atoms with Crippen molar-refractivity contribution in [3.63, 3.8) is 0 Å². The summed E-state index contributed by atoms with van der Waals surface area (Å²) in [5.41, 5.74) is 0. The lowest BCUT2D eigenvalue weighted by atomic mass is 10.6. The number of carbonyl (C=O) groups is 1. The molecule has 0 aliphatic heterocycles. The molecule has 0 aliphatic carbocycles. The zero-order valence-corrected chi connectivity index (χ0v) is 8.52. The first kappa shape index (κ1) is 9.91. The molecule has 13 heavy (non-hydrogen) atoms. The van der Waals surface area contributed by atoms with Crippen LogP contribution in [0.4, 0.5) is 5.95 Å². The van der Waals surface area contributed by atoms with Gasteiger partial charge in [0, 0.05) is 19.4 Å². The second kappa shape index (κ2) is 4.18. The summed E-state index contributed by atoms with van der Waals surface area (Å²) < 4.78 is 0.764. The van der Waals surface area contributed by atoms with Crippen molar-refractivity contribution >= 4 is 27.8 Å². The van der Waals surface area contributed by atoms with E-state index in [2.05, 4.69) is 25.9 Å². The molecule has 5 nitrogen and oxygen atoms in total. The third-order valence-corrected chi connectivity index (χ3v) is 1.73. The average Bonchev–Trinajstić information content (AvgIpc) is 2.04. The molecule has 0 bridgehead atoms. The van der Waals surface area contributed by atoms with Crippen LogP contribution in [0.5, 0.6) is 0 Å². The van der Waals surface area contributed by atoms with E-state index >= 15 is 0 Å². The van der Waals surface area contributed by atoms with Crippen molar-refractivity contribution in [3.8, 4) is 0 Å². The van der Waals surface area contributed by atoms with Crippen LogP contribution < -0.4 is 4.90 Å². The molecule has 0 spiro atoms. The van der Waals surface area contributed by atoms with Crippen molar-refractivity contribution in [1.29, 1.82) is 0 Å². The Labute approximate surface area is 83.5 Å². The minimum atomic E-state index is -0.908. The number of hydrogen-bond donors (Lipinski definition) is 1. The van der Waals surface area contributed by atoms with Gasteiger partial charge in [-0.2, -0.15) is 0 Å². The number of anilines is 1. The number of nitrogens with zero attached hydrogens (tertiary/aromatic N) is 3. The van der Waals surface area contributed by atoms with E-state index in [4.69, 9.17) is 5.11 Å². The number of hydrogen-bond acceptors (Lipinski definition) is 4. The van der Waals surface area contributed by atoms with Crippen LogP contribution in [-0.2, 0) is 4.79 Å². The molecule has 6 heteroatoms. The van der Waals surface area contributed by atoms with E-state index in [1.165, 1.54) is 4.90 Å². The first-order valence-corrected chi connectivity index (χ1v) is 4.29. The average molecular weight is 246 g/mol. The molecule has 0 fully saturated rings.